The zero-order valence-electron chi connectivity index (χ0n) is 7.22. The minimum absolute atomic E-state index is 0.124. The van der Waals surface area contributed by atoms with Crippen LogP contribution in [0.4, 0.5) is 0 Å². The number of hydrogen-bond donors (Lipinski definition) is 0. The zero-order chi connectivity index (χ0) is 8.72. The normalized spacial score (nSPS) is 42.5. The molecule has 12 heavy (non-hydrogen) atoms. The van der Waals surface area contributed by atoms with Crippen molar-refractivity contribution in [2.75, 3.05) is 0 Å². The van der Waals surface area contributed by atoms with E-state index in [9.17, 15) is 4.79 Å². The van der Waals surface area contributed by atoms with Crippen molar-refractivity contribution in [2.45, 2.75) is 26.2 Å². The Hall–Kier alpha value is -0.300. The van der Waals surface area contributed by atoms with E-state index in [0.717, 1.165) is 12.3 Å². The van der Waals surface area contributed by atoms with Gasteiger partial charge in [-0.3, -0.25) is 4.79 Å². The van der Waals surface area contributed by atoms with Crippen LogP contribution in [-0.4, -0.2) is 5.24 Å². The molecule has 0 aliphatic heterocycles. The molecule has 2 heteroatoms. The predicted octanol–water partition coefficient (Wildman–Crippen LogP) is 2.74. The maximum Gasteiger partial charge on any atom is 0.225 e. The van der Waals surface area contributed by atoms with Gasteiger partial charge in [0.25, 0.3) is 0 Å². The van der Waals surface area contributed by atoms with Gasteiger partial charge in [-0.05, 0) is 49.6 Å². The van der Waals surface area contributed by atoms with Crippen LogP contribution in [0.25, 0.3) is 0 Å². The summed E-state index contributed by atoms with van der Waals surface area (Å²) in [6.45, 7) is 2.06. The molecule has 2 aliphatic rings. The predicted molar refractivity (Wildman–Crippen MR) is 48.9 cm³/mol. The van der Waals surface area contributed by atoms with E-state index >= 15 is 0 Å². The molecular weight excluding hydrogens is 172 g/mol. The molecule has 0 saturated heterocycles. The molecule has 0 radical (unpaired) electrons. The Bertz CT molecular complexity index is 244. The maximum absolute atomic E-state index is 11.0. The first kappa shape index (κ1) is 8.31. The average Bonchev–Trinajstić information content (AvgIpc) is 2.60. The molecule has 0 N–H and O–H groups in total. The lowest BCUT2D eigenvalue weighted by Gasteiger charge is -2.20. The van der Waals surface area contributed by atoms with E-state index in [0.29, 0.717) is 5.92 Å². The number of halogens is 1. The highest BCUT2D eigenvalue weighted by Gasteiger charge is 2.45. The first-order chi connectivity index (χ1) is 5.72. The summed E-state index contributed by atoms with van der Waals surface area (Å²) in [4.78, 5) is 11.0. The lowest BCUT2D eigenvalue weighted by atomic mass is 9.85. The Balaban J connectivity index is 2.20. The van der Waals surface area contributed by atoms with Crippen molar-refractivity contribution in [1.82, 2.24) is 0 Å². The third kappa shape index (κ3) is 1.11. The highest BCUT2D eigenvalue weighted by atomic mass is 35.5. The van der Waals surface area contributed by atoms with Gasteiger partial charge in [0, 0.05) is 5.92 Å². The Morgan fingerprint density at radius 2 is 2.33 bits per heavy atom. The van der Waals surface area contributed by atoms with Crippen LogP contribution in [-0.2, 0) is 4.79 Å². The number of hydrogen-bond acceptors (Lipinski definition) is 1. The van der Waals surface area contributed by atoms with Gasteiger partial charge in [-0.1, -0.05) is 11.6 Å². The van der Waals surface area contributed by atoms with E-state index in [2.05, 4.69) is 13.0 Å². The van der Waals surface area contributed by atoms with E-state index < -0.39 is 0 Å². The number of carbonyl (C=O) groups is 1. The highest BCUT2D eigenvalue weighted by molar-refractivity contribution is 6.64. The molecule has 3 unspecified atom stereocenters. The lowest BCUT2D eigenvalue weighted by molar-refractivity contribution is -0.116. The summed E-state index contributed by atoms with van der Waals surface area (Å²) in [7, 11) is 0. The van der Waals surface area contributed by atoms with Crippen LogP contribution < -0.4 is 0 Å². The quantitative estimate of drug-likeness (QED) is 0.453. The van der Waals surface area contributed by atoms with Crippen molar-refractivity contribution in [1.29, 1.82) is 0 Å². The van der Waals surface area contributed by atoms with Crippen LogP contribution in [0.1, 0.15) is 26.2 Å². The summed E-state index contributed by atoms with van der Waals surface area (Å²) in [6, 6.07) is 0. The summed E-state index contributed by atoms with van der Waals surface area (Å²) in [5.74, 6) is 1.37. The zero-order valence-corrected chi connectivity index (χ0v) is 7.97. The molecule has 0 aromatic carbocycles. The van der Waals surface area contributed by atoms with Gasteiger partial charge in [-0.25, -0.2) is 0 Å². The van der Waals surface area contributed by atoms with E-state index in [1.54, 1.807) is 0 Å². The van der Waals surface area contributed by atoms with E-state index in [4.69, 9.17) is 11.6 Å². The van der Waals surface area contributed by atoms with Crippen LogP contribution >= 0.6 is 11.6 Å². The first-order valence-electron chi connectivity index (χ1n) is 4.56. The fraction of sp³-hybridized carbons (Fsp3) is 0.700. The van der Waals surface area contributed by atoms with Crippen LogP contribution in [0.15, 0.2) is 11.6 Å². The largest absolute Gasteiger partial charge is 0.281 e. The fourth-order valence-corrected chi connectivity index (χ4v) is 3.03. The van der Waals surface area contributed by atoms with Crippen molar-refractivity contribution in [3.8, 4) is 0 Å². The number of carbonyl (C=O) groups excluding carboxylic acids is 1. The molecule has 2 bridgehead atoms. The fourth-order valence-electron chi connectivity index (χ4n) is 2.79. The van der Waals surface area contributed by atoms with Gasteiger partial charge in [0.05, 0.1) is 0 Å². The first-order valence-corrected chi connectivity index (χ1v) is 4.94. The summed E-state index contributed by atoms with van der Waals surface area (Å²) >= 11 is 5.53. The van der Waals surface area contributed by atoms with Gasteiger partial charge >= 0.3 is 0 Å². The van der Waals surface area contributed by atoms with Crippen LogP contribution in [0.2, 0.25) is 0 Å². The van der Waals surface area contributed by atoms with Gasteiger partial charge in [0.1, 0.15) is 0 Å². The topological polar surface area (TPSA) is 17.1 Å². The van der Waals surface area contributed by atoms with E-state index in [1.165, 1.54) is 18.4 Å². The van der Waals surface area contributed by atoms with Gasteiger partial charge in [0.15, 0.2) is 0 Å². The Labute approximate surface area is 77.8 Å². The average molecular weight is 185 g/mol. The Morgan fingerprint density at radius 1 is 1.58 bits per heavy atom. The SMILES string of the molecule is CC=C1CC2CC(C(=O)Cl)C1C2. The van der Waals surface area contributed by atoms with Crippen molar-refractivity contribution in [3.05, 3.63) is 11.6 Å². The van der Waals surface area contributed by atoms with E-state index in [-0.39, 0.29) is 11.2 Å². The second-order valence-electron chi connectivity index (χ2n) is 3.92. The molecule has 0 heterocycles. The highest BCUT2D eigenvalue weighted by Crippen LogP contribution is 2.52. The molecule has 2 fully saturated rings. The second kappa shape index (κ2) is 2.88. The van der Waals surface area contributed by atoms with Crippen LogP contribution in [0.3, 0.4) is 0 Å². The Kier molecular flexibility index (Phi) is 1.99. The molecule has 66 valence electrons. The molecule has 3 atom stereocenters. The molecule has 0 spiro atoms. The molecule has 2 aliphatic carbocycles. The summed E-state index contributed by atoms with van der Waals surface area (Å²) in [5.41, 5.74) is 1.46. The minimum Gasteiger partial charge on any atom is -0.281 e. The van der Waals surface area contributed by atoms with Crippen molar-refractivity contribution in [2.24, 2.45) is 17.8 Å². The third-order valence-electron chi connectivity index (χ3n) is 3.32. The molecule has 0 aromatic heterocycles. The molecule has 1 nitrogen and oxygen atoms in total. The number of allylic oxidation sites excluding steroid dienone is 2. The standard InChI is InChI=1S/C10H13ClO/c1-2-7-3-6-4-8(7)9(5-6)10(11)12/h2,6,8-9H,3-5H2,1H3. The summed E-state index contributed by atoms with van der Waals surface area (Å²) < 4.78 is 0. The van der Waals surface area contributed by atoms with Gasteiger partial charge in [-0.2, -0.15) is 0 Å². The van der Waals surface area contributed by atoms with Crippen molar-refractivity contribution < 1.29 is 4.79 Å². The Morgan fingerprint density at radius 3 is 2.83 bits per heavy atom. The van der Waals surface area contributed by atoms with Gasteiger partial charge < -0.3 is 0 Å². The van der Waals surface area contributed by atoms with Crippen molar-refractivity contribution >= 4 is 16.8 Å². The van der Waals surface area contributed by atoms with E-state index in [1.807, 2.05) is 0 Å². The summed E-state index contributed by atoms with van der Waals surface area (Å²) in [5, 5.41) is -0.124. The molecule has 0 aromatic rings. The molecule has 0 amide bonds. The van der Waals surface area contributed by atoms with Crippen LogP contribution in [0.5, 0.6) is 0 Å². The third-order valence-corrected chi connectivity index (χ3v) is 3.60. The maximum atomic E-state index is 11.0. The number of rotatable bonds is 1. The monoisotopic (exact) mass is 184 g/mol. The second-order valence-corrected chi connectivity index (χ2v) is 4.29. The van der Waals surface area contributed by atoms with Gasteiger partial charge in [0.2, 0.25) is 5.24 Å². The van der Waals surface area contributed by atoms with Crippen molar-refractivity contribution in [3.63, 3.8) is 0 Å². The minimum atomic E-state index is -0.124. The lowest BCUT2D eigenvalue weighted by Crippen LogP contribution is -2.18. The van der Waals surface area contributed by atoms with Crippen LogP contribution in [0, 0.1) is 17.8 Å². The molecule has 2 saturated carbocycles. The molecule has 2 rings (SSSR count). The summed E-state index contributed by atoms with van der Waals surface area (Å²) in [6.07, 6.45) is 5.60. The number of fused-ring (bicyclic) bond motifs is 2. The molecular formula is C10H13ClO. The van der Waals surface area contributed by atoms with Gasteiger partial charge in [-0.15, -0.1) is 0 Å². The smallest absolute Gasteiger partial charge is 0.225 e.